The Hall–Kier alpha value is -3.71. The molecule has 3 aromatic rings. The van der Waals surface area contributed by atoms with Gasteiger partial charge in [-0.1, -0.05) is 60.2 Å². The number of likely N-dealkylation sites (tertiary alicyclic amines) is 1. The summed E-state index contributed by atoms with van der Waals surface area (Å²) in [5.41, 5.74) is 3.07. The molecule has 0 bridgehead atoms. The van der Waals surface area contributed by atoms with Gasteiger partial charge >= 0.3 is 0 Å². The molecule has 7 nitrogen and oxygen atoms in total. The molecular weight excluding hydrogens is 418 g/mol. The van der Waals surface area contributed by atoms with Crippen LogP contribution >= 0.6 is 0 Å². The monoisotopic (exact) mass is 443 g/mol. The zero-order chi connectivity index (χ0) is 23.2. The van der Waals surface area contributed by atoms with E-state index in [2.05, 4.69) is 5.32 Å². The Bertz CT molecular complexity index is 1210. The second-order valence-corrected chi connectivity index (χ2v) is 8.83. The lowest BCUT2D eigenvalue weighted by Crippen LogP contribution is -2.54. The molecular formula is C26H25N3O4. The third-order valence-electron chi connectivity index (χ3n) is 6.88. The lowest BCUT2D eigenvalue weighted by atomic mass is 9.79. The normalized spacial score (nSPS) is 24.0. The zero-order valence-corrected chi connectivity index (χ0v) is 18.5. The maximum Gasteiger partial charge on any atom is 0.256 e. The summed E-state index contributed by atoms with van der Waals surface area (Å²) in [7, 11) is 1.79. The molecule has 3 aromatic carbocycles. The van der Waals surface area contributed by atoms with E-state index >= 15 is 0 Å². The Morgan fingerprint density at radius 2 is 1.79 bits per heavy atom. The Kier molecular flexibility index (Phi) is 5.13. The minimum atomic E-state index is -1.33. The molecule has 33 heavy (non-hydrogen) atoms. The van der Waals surface area contributed by atoms with Crippen LogP contribution in [0.3, 0.4) is 0 Å². The van der Waals surface area contributed by atoms with Crippen molar-refractivity contribution in [2.75, 3.05) is 18.9 Å². The minimum absolute atomic E-state index is 0.294. The molecule has 5 rings (SSSR count). The number of likely N-dealkylation sites (N-methyl/N-ethyl adjacent to an activating group) is 1. The first-order valence-corrected chi connectivity index (χ1v) is 10.9. The highest BCUT2D eigenvalue weighted by molar-refractivity contribution is 6.06. The van der Waals surface area contributed by atoms with Gasteiger partial charge in [-0.2, -0.15) is 0 Å². The van der Waals surface area contributed by atoms with Gasteiger partial charge in [-0.15, -0.1) is 0 Å². The minimum Gasteiger partial charge on any atom is -0.489 e. The van der Waals surface area contributed by atoms with Crippen molar-refractivity contribution in [3.63, 3.8) is 0 Å². The molecule has 1 N–H and O–H groups in total. The lowest BCUT2D eigenvalue weighted by Gasteiger charge is -2.30. The Morgan fingerprint density at radius 1 is 1.09 bits per heavy atom. The quantitative estimate of drug-likeness (QED) is 0.474. The molecule has 2 aliphatic rings. The van der Waals surface area contributed by atoms with E-state index in [0.717, 1.165) is 11.1 Å². The summed E-state index contributed by atoms with van der Waals surface area (Å²) in [5, 5.41) is 15.2. The van der Waals surface area contributed by atoms with Gasteiger partial charge in [-0.05, 0) is 43.3 Å². The highest BCUT2D eigenvalue weighted by Crippen LogP contribution is 2.51. The largest absolute Gasteiger partial charge is 0.489 e. The van der Waals surface area contributed by atoms with E-state index in [1.54, 1.807) is 13.1 Å². The third-order valence-corrected chi connectivity index (χ3v) is 6.88. The predicted molar refractivity (Wildman–Crippen MR) is 125 cm³/mol. The Labute approximate surface area is 192 Å². The van der Waals surface area contributed by atoms with Crippen LogP contribution in [0.4, 0.5) is 5.69 Å². The number of benzene rings is 3. The molecule has 0 aromatic heterocycles. The first-order chi connectivity index (χ1) is 15.9. The number of carbonyl (C=O) groups is 1. The first-order valence-electron chi connectivity index (χ1n) is 10.9. The van der Waals surface area contributed by atoms with Crippen LogP contribution in [0.15, 0.2) is 72.8 Å². The maximum absolute atomic E-state index is 13.2. The van der Waals surface area contributed by atoms with Gasteiger partial charge < -0.3 is 10.1 Å². The van der Waals surface area contributed by atoms with Crippen LogP contribution in [0.25, 0.3) is 0 Å². The van der Waals surface area contributed by atoms with Crippen molar-refractivity contribution < 1.29 is 14.5 Å². The number of ether oxygens (including phenoxy) is 1. The zero-order valence-electron chi connectivity index (χ0n) is 18.5. The number of nitrogens with one attached hydrogen (secondary N) is 1. The molecule has 2 aliphatic heterocycles. The summed E-state index contributed by atoms with van der Waals surface area (Å²) < 4.78 is 5.89. The number of fused-ring (bicyclic) bond motifs is 2. The standard InChI is InChI=1S/C26H25N3O4/c1-17-7-9-18(10-8-17)16-33-20-13-11-19(12-14-20)21-15-28(2)26(24(21)29(31)32)22-5-3-4-6-23(22)27-25(26)30/h3-14,21,24H,15-16H2,1-2H3,(H,27,30)/t21-,24-,26+/m0/s1. The third kappa shape index (κ3) is 3.36. The van der Waals surface area contributed by atoms with E-state index < -0.39 is 17.5 Å². The number of nitro groups is 1. The van der Waals surface area contributed by atoms with Gasteiger partial charge in [0.05, 0.1) is 5.92 Å². The van der Waals surface area contributed by atoms with Crippen molar-refractivity contribution in [1.29, 1.82) is 0 Å². The van der Waals surface area contributed by atoms with Gasteiger partial charge in [-0.25, -0.2) is 0 Å². The second kappa shape index (κ2) is 8.01. The van der Waals surface area contributed by atoms with Gasteiger partial charge in [0.25, 0.3) is 11.9 Å². The van der Waals surface area contributed by atoms with Crippen LogP contribution in [0, 0.1) is 17.0 Å². The molecule has 0 radical (unpaired) electrons. The lowest BCUT2D eigenvalue weighted by molar-refractivity contribution is -0.534. The van der Waals surface area contributed by atoms with Crippen molar-refractivity contribution in [3.8, 4) is 5.75 Å². The molecule has 1 saturated heterocycles. The average Bonchev–Trinajstić information content (AvgIpc) is 3.29. The van der Waals surface area contributed by atoms with E-state index in [0.29, 0.717) is 30.2 Å². The van der Waals surface area contributed by atoms with Crippen LogP contribution in [-0.4, -0.2) is 35.4 Å². The molecule has 1 fully saturated rings. The van der Waals surface area contributed by atoms with Gasteiger partial charge in [0.15, 0.2) is 5.54 Å². The predicted octanol–water partition coefficient (Wildman–Crippen LogP) is 4.10. The van der Waals surface area contributed by atoms with Gasteiger partial charge in [0.1, 0.15) is 12.4 Å². The number of hydrogen-bond acceptors (Lipinski definition) is 5. The maximum atomic E-state index is 13.2. The highest BCUT2D eigenvalue weighted by Gasteiger charge is 2.68. The van der Waals surface area contributed by atoms with E-state index in [4.69, 9.17) is 4.74 Å². The molecule has 7 heteroatoms. The molecule has 0 aliphatic carbocycles. The van der Waals surface area contributed by atoms with Gasteiger partial charge in [-0.3, -0.25) is 19.8 Å². The van der Waals surface area contributed by atoms with Crippen LogP contribution in [-0.2, 0) is 16.9 Å². The summed E-state index contributed by atoms with van der Waals surface area (Å²) in [6.45, 7) is 2.89. The number of amides is 1. The number of hydrogen-bond donors (Lipinski definition) is 1. The van der Waals surface area contributed by atoms with Crippen molar-refractivity contribution in [3.05, 3.63) is 105 Å². The summed E-state index contributed by atoms with van der Waals surface area (Å²) in [6, 6.07) is 21.7. The molecule has 3 atom stereocenters. The number of anilines is 1. The van der Waals surface area contributed by atoms with Crippen molar-refractivity contribution in [1.82, 2.24) is 4.90 Å². The molecule has 1 amide bonds. The summed E-state index contributed by atoms with van der Waals surface area (Å²) in [5.74, 6) is -0.0801. The molecule has 0 saturated carbocycles. The second-order valence-electron chi connectivity index (χ2n) is 8.83. The van der Waals surface area contributed by atoms with Crippen molar-refractivity contribution in [2.24, 2.45) is 0 Å². The number of nitrogens with zero attached hydrogens (tertiary/aromatic N) is 2. The van der Waals surface area contributed by atoms with Crippen LogP contribution in [0.5, 0.6) is 5.75 Å². The SMILES string of the molecule is Cc1ccc(COc2ccc([C@@H]3CN(C)[C@@]4(C(=O)Nc5ccccc54)[C@H]3[N+](=O)[O-])cc2)cc1. The number of rotatable bonds is 5. The fourth-order valence-electron chi connectivity index (χ4n) is 5.24. The fourth-order valence-corrected chi connectivity index (χ4v) is 5.24. The average molecular weight is 444 g/mol. The summed E-state index contributed by atoms with van der Waals surface area (Å²) in [6.07, 6.45) is 0. The van der Waals surface area contributed by atoms with E-state index in [-0.39, 0.29) is 10.8 Å². The van der Waals surface area contributed by atoms with Crippen LogP contribution < -0.4 is 10.1 Å². The smallest absolute Gasteiger partial charge is 0.256 e. The molecule has 0 unspecified atom stereocenters. The number of para-hydroxylation sites is 1. The Balaban J connectivity index is 1.42. The van der Waals surface area contributed by atoms with Gasteiger partial charge in [0, 0.05) is 22.7 Å². The summed E-state index contributed by atoms with van der Waals surface area (Å²) >= 11 is 0. The highest BCUT2D eigenvalue weighted by atomic mass is 16.6. The number of carbonyl (C=O) groups excluding carboxylic acids is 1. The topological polar surface area (TPSA) is 84.7 Å². The molecule has 168 valence electrons. The van der Waals surface area contributed by atoms with Crippen LogP contribution in [0.2, 0.25) is 0 Å². The van der Waals surface area contributed by atoms with Gasteiger partial charge in [0.2, 0.25) is 0 Å². The fraction of sp³-hybridized carbons (Fsp3) is 0.269. The molecule has 2 heterocycles. The molecule has 1 spiro atoms. The van der Waals surface area contributed by atoms with E-state index in [9.17, 15) is 14.9 Å². The van der Waals surface area contributed by atoms with Crippen LogP contribution in [0.1, 0.15) is 28.2 Å². The van der Waals surface area contributed by atoms with Crippen molar-refractivity contribution >= 4 is 11.6 Å². The van der Waals surface area contributed by atoms with E-state index in [1.807, 2.05) is 78.6 Å². The Morgan fingerprint density at radius 3 is 2.48 bits per heavy atom. The van der Waals surface area contributed by atoms with E-state index in [1.165, 1.54) is 5.56 Å². The summed E-state index contributed by atoms with van der Waals surface area (Å²) in [4.78, 5) is 27.1. The first kappa shape index (κ1) is 21.2. The number of aryl methyl sites for hydroxylation is 1. The van der Waals surface area contributed by atoms with Crippen molar-refractivity contribution in [2.45, 2.75) is 31.0 Å².